The molecule has 0 spiro atoms. The monoisotopic (exact) mass is 632 g/mol. The highest BCUT2D eigenvalue weighted by Crippen LogP contribution is 2.34. The van der Waals surface area contributed by atoms with Crippen molar-refractivity contribution in [1.82, 2.24) is 25.4 Å². The van der Waals surface area contributed by atoms with Crippen molar-refractivity contribution in [2.45, 2.75) is 26.3 Å². The van der Waals surface area contributed by atoms with Crippen LogP contribution in [0.1, 0.15) is 52.5 Å². The van der Waals surface area contributed by atoms with E-state index in [9.17, 15) is 19.8 Å². The average Bonchev–Trinajstić information content (AvgIpc) is 3.35. The van der Waals surface area contributed by atoms with E-state index in [4.69, 9.17) is 26.1 Å². The number of phenolic OH excluding ortho intramolecular Hbond substituents is 2. The van der Waals surface area contributed by atoms with Crippen molar-refractivity contribution in [2.75, 3.05) is 32.9 Å². The Morgan fingerprint density at radius 1 is 0.956 bits per heavy atom. The van der Waals surface area contributed by atoms with Gasteiger partial charge in [-0.25, -0.2) is 0 Å². The second kappa shape index (κ2) is 14.2. The number of aromatic hydroxyl groups is 2. The van der Waals surface area contributed by atoms with Crippen LogP contribution in [-0.4, -0.2) is 75.4 Å². The lowest BCUT2D eigenvalue weighted by Gasteiger charge is -2.15. The standard InChI is InChI=1S/C32H33ClN6O6/c1-3-34-29(42)18-25-31-38-37-19(2)39(31)26-10-9-23(17-24(26)30(36-25)20-4-7-22(33)8-5-20)45-15-14-44-13-12-35-32(43)21-6-11-27(40)28(41)16-21/h4-11,16-17,25,40-41H,3,12-15,18H2,1-2H3,(H,34,42)(H,35,43). The quantitative estimate of drug-likeness (QED) is 0.135. The number of halogens is 1. The molecule has 0 saturated heterocycles. The Morgan fingerprint density at radius 2 is 1.76 bits per heavy atom. The number of benzene rings is 3. The Labute approximate surface area is 264 Å². The predicted octanol–water partition coefficient (Wildman–Crippen LogP) is 3.88. The van der Waals surface area contributed by atoms with Gasteiger partial charge in [0.2, 0.25) is 5.91 Å². The summed E-state index contributed by atoms with van der Waals surface area (Å²) in [6, 6.07) is 16.3. The molecular formula is C32H33ClN6O6. The number of aryl methyl sites for hydroxylation is 1. The van der Waals surface area contributed by atoms with Crippen molar-refractivity contribution in [1.29, 1.82) is 0 Å². The van der Waals surface area contributed by atoms with Crippen LogP contribution in [0.25, 0.3) is 5.69 Å². The highest BCUT2D eigenvalue weighted by atomic mass is 35.5. The molecule has 5 rings (SSSR count). The molecule has 0 fully saturated rings. The summed E-state index contributed by atoms with van der Waals surface area (Å²) in [4.78, 5) is 29.9. The molecule has 12 nitrogen and oxygen atoms in total. The first-order valence-electron chi connectivity index (χ1n) is 14.4. The Bertz CT molecular complexity index is 1720. The van der Waals surface area contributed by atoms with Crippen LogP contribution in [0.5, 0.6) is 17.2 Å². The van der Waals surface area contributed by atoms with Crippen LogP contribution in [0, 0.1) is 6.92 Å². The van der Waals surface area contributed by atoms with E-state index in [1.54, 1.807) is 12.1 Å². The van der Waals surface area contributed by atoms with E-state index < -0.39 is 11.9 Å². The van der Waals surface area contributed by atoms with Crippen molar-refractivity contribution >= 4 is 29.1 Å². The number of phenols is 2. The van der Waals surface area contributed by atoms with E-state index in [0.29, 0.717) is 34.7 Å². The van der Waals surface area contributed by atoms with Gasteiger partial charge < -0.3 is 30.3 Å². The first kappa shape index (κ1) is 31.5. The van der Waals surface area contributed by atoms with Crippen molar-refractivity contribution in [3.8, 4) is 22.9 Å². The molecule has 2 heterocycles. The van der Waals surface area contributed by atoms with E-state index >= 15 is 0 Å². The van der Waals surface area contributed by atoms with Gasteiger partial charge in [0.25, 0.3) is 5.91 Å². The zero-order valence-electron chi connectivity index (χ0n) is 24.8. The molecular weight excluding hydrogens is 600 g/mol. The first-order chi connectivity index (χ1) is 21.7. The number of amides is 2. The molecule has 0 saturated carbocycles. The Morgan fingerprint density at radius 3 is 2.51 bits per heavy atom. The van der Waals surface area contributed by atoms with Gasteiger partial charge in [0.1, 0.15) is 24.2 Å². The van der Waals surface area contributed by atoms with E-state index in [1.807, 2.05) is 48.7 Å². The third-order valence-electron chi connectivity index (χ3n) is 7.03. The molecule has 4 aromatic rings. The number of carbonyl (C=O) groups is 2. The van der Waals surface area contributed by atoms with Crippen LogP contribution in [0.4, 0.5) is 0 Å². The summed E-state index contributed by atoms with van der Waals surface area (Å²) >= 11 is 6.19. The fourth-order valence-electron chi connectivity index (χ4n) is 4.91. The van der Waals surface area contributed by atoms with Crippen LogP contribution in [0.2, 0.25) is 5.02 Å². The van der Waals surface area contributed by atoms with Crippen LogP contribution in [0.15, 0.2) is 65.7 Å². The molecule has 45 heavy (non-hydrogen) atoms. The topological polar surface area (TPSA) is 160 Å². The number of aromatic nitrogens is 3. The van der Waals surface area contributed by atoms with Gasteiger partial charge in [-0.2, -0.15) is 0 Å². The minimum absolute atomic E-state index is 0.107. The summed E-state index contributed by atoms with van der Waals surface area (Å²) in [5.41, 5.74) is 3.30. The van der Waals surface area contributed by atoms with E-state index in [2.05, 4.69) is 20.8 Å². The minimum atomic E-state index is -0.575. The fourth-order valence-corrected chi connectivity index (χ4v) is 5.03. The van der Waals surface area contributed by atoms with Crippen LogP contribution >= 0.6 is 11.6 Å². The summed E-state index contributed by atoms with van der Waals surface area (Å²) in [6.07, 6.45) is 0.107. The molecule has 3 aromatic carbocycles. The maximum Gasteiger partial charge on any atom is 0.251 e. The number of hydrogen-bond acceptors (Lipinski definition) is 9. The number of carbonyl (C=O) groups excluding carboxylic acids is 2. The Kier molecular flexibility index (Phi) is 9.95. The number of fused-ring (bicyclic) bond motifs is 3. The molecule has 1 unspecified atom stereocenters. The fraction of sp³-hybridized carbons (Fsp3) is 0.281. The van der Waals surface area contributed by atoms with Gasteiger partial charge in [-0.05, 0) is 62.4 Å². The molecule has 0 bridgehead atoms. The Balaban J connectivity index is 1.29. The van der Waals surface area contributed by atoms with Gasteiger partial charge >= 0.3 is 0 Å². The molecule has 1 aliphatic rings. The average molecular weight is 633 g/mol. The van der Waals surface area contributed by atoms with E-state index in [0.717, 1.165) is 16.8 Å². The van der Waals surface area contributed by atoms with Crippen molar-refractivity contribution in [2.24, 2.45) is 4.99 Å². The van der Waals surface area contributed by atoms with Gasteiger partial charge in [0.05, 0.1) is 31.0 Å². The van der Waals surface area contributed by atoms with Gasteiger partial charge in [0, 0.05) is 34.8 Å². The number of ether oxygens (including phenoxy) is 2. The lowest BCUT2D eigenvalue weighted by atomic mass is 10.00. The molecule has 2 amide bonds. The first-order valence-corrected chi connectivity index (χ1v) is 14.8. The van der Waals surface area contributed by atoms with E-state index in [1.165, 1.54) is 18.2 Å². The lowest BCUT2D eigenvalue weighted by molar-refractivity contribution is -0.121. The molecule has 4 N–H and O–H groups in total. The molecule has 1 aliphatic heterocycles. The predicted molar refractivity (Wildman–Crippen MR) is 168 cm³/mol. The zero-order valence-corrected chi connectivity index (χ0v) is 25.5. The zero-order chi connectivity index (χ0) is 31.9. The minimum Gasteiger partial charge on any atom is -0.504 e. The largest absolute Gasteiger partial charge is 0.504 e. The molecule has 1 atom stereocenters. The highest BCUT2D eigenvalue weighted by Gasteiger charge is 2.30. The molecule has 0 radical (unpaired) electrons. The van der Waals surface area contributed by atoms with Gasteiger partial charge in [0.15, 0.2) is 17.3 Å². The van der Waals surface area contributed by atoms with Crippen molar-refractivity contribution < 1.29 is 29.3 Å². The summed E-state index contributed by atoms with van der Waals surface area (Å²) in [7, 11) is 0. The van der Waals surface area contributed by atoms with Gasteiger partial charge in [-0.15, -0.1) is 10.2 Å². The number of rotatable bonds is 12. The number of aliphatic imine (C=N–C) groups is 1. The maximum absolute atomic E-state index is 12.7. The molecule has 1 aromatic heterocycles. The van der Waals surface area contributed by atoms with Crippen molar-refractivity contribution in [3.05, 3.63) is 94.0 Å². The second-order valence-corrected chi connectivity index (χ2v) is 10.6. The number of nitrogens with zero attached hydrogens (tertiary/aromatic N) is 4. The van der Waals surface area contributed by atoms with Crippen LogP contribution < -0.4 is 15.4 Å². The second-order valence-electron chi connectivity index (χ2n) is 10.2. The number of hydrogen-bond donors (Lipinski definition) is 4. The van der Waals surface area contributed by atoms with Crippen molar-refractivity contribution in [3.63, 3.8) is 0 Å². The molecule has 0 aliphatic carbocycles. The SMILES string of the molecule is CCNC(=O)CC1N=C(c2ccc(Cl)cc2)c2cc(OCCOCCNC(=O)c3ccc(O)c(O)c3)ccc2-n2c(C)nnc21. The smallest absolute Gasteiger partial charge is 0.251 e. The molecule has 13 heteroatoms. The molecule has 234 valence electrons. The van der Waals surface area contributed by atoms with Crippen LogP contribution in [-0.2, 0) is 9.53 Å². The summed E-state index contributed by atoms with van der Waals surface area (Å²) in [5, 5.41) is 33.8. The van der Waals surface area contributed by atoms with Gasteiger partial charge in [-0.3, -0.25) is 19.1 Å². The van der Waals surface area contributed by atoms with E-state index in [-0.39, 0.29) is 55.8 Å². The summed E-state index contributed by atoms with van der Waals surface area (Å²) in [6.45, 7) is 5.26. The summed E-state index contributed by atoms with van der Waals surface area (Å²) < 4.78 is 13.6. The van der Waals surface area contributed by atoms with Crippen LogP contribution in [0.3, 0.4) is 0 Å². The van der Waals surface area contributed by atoms with Gasteiger partial charge in [-0.1, -0.05) is 23.7 Å². The Hall–Kier alpha value is -4.94. The number of nitrogens with one attached hydrogen (secondary N) is 2. The lowest BCUT2D eigenvalue weighted by Crippen LogP contribution is -2.27. The normalized spacial score (nSPS) is 13.7. The third kappa shape index (κ3) is 7.41. The maximum atomic E-state index is 12.7. The third-order valence-corrected chi connectivity index (χ3v) is 7.29. The summed E-state index contributed by atoms with van der Waals surface area (Å²) in [5.74, 6) is 0.635. The highest BCUT2D eigenvalue weighted by molar-refractivity contribution is 6.30.